The van der Waals surface area contributed by atoms with E-state index in [1.54, 1.807) is 6.20 Å². The van der Waals surface area contributed by atoms with Crippen molar-refractivity contribution in [3.8, 4) is 0 Å². The summed E-state index contributed by atoms with van der Waals surface area (Å²) in [5.74, 6) is 0.208. The highest BCUT2D eigenvalue weighted by Gasteiger charge is 2.33. The molecule has 0 radical (unpaired) electrons. The van der Waals surface area contributed by atoms with Crippen molar-refractivity contribution in [3.63, 3.8) is 0 Å². The minimum atomic E-state index is -0.0348. The molecule has 1 amide bonds. The third kappa shape index (κ3) is 2.27. The fourth-order valence-electron chi connectivity index (χ4n) is 2.79. The summed E-state index contributed by atoms with van der Waals surface area (Å²) in [4.78, 5) is 14.0. The molecule has 2 rings (SSSR count). The van der Waals surface area contributed by atoms with Gasteiger partial charge in [0.2, 0.25) is 5.91 Å². The maximum Gasteiger partial charge on any atom is 0.223 e. The van der Waals surface area contributed by atoms with Crippen LogP contribution in [0.3, 0.4) is 0 Å². The Balaban J connectivity index is 2.38. The molecule has 0 saturated carbocycles. The van der Waals surface area contributed by atoms with E-state index in [9.17, 15) is 4.79 Å². The Kier molecular flexibility index (Phi) is 4.01. The normalized spacial score (nSPS) is 25.3. The minimum absolute atomic E-state index is 0.00148. The van der Waals surface area contributed by atoms with Crippen LogP contribution in [0.4, 0.5) is 0 Å². The molecule has 1 aromatic rings. The molecule has 2 unspecified atom stereocenters. The number of likely N-dealkylation sites (N-methyl/N-ethyl adjacent to an activating group) is 1. The standard InChI is InChI=1S/C13H22N4O/c1-3-16-12(18)7-5-6-10(14)13(16)11-8-9-15-17(11)4-2/h8-10,13H,3-7,14H2,1-2H3. The lowest BCUT2D eigenvalue weighted by molar-refractivity contribution is -0.133. The highest BCUT2D eigenvalue weighted by molar-refractivity contribution is 5.77. The Morgan fingerprint density at radius 1 is 1.44 bits per heavy atom. The summed E-state index contributed by atoms with van der Waals surface area (Å²) in [7, 11) is 0. The number of carbonyl (C=O) groups is 1. The molecule has 2 atom stereocenters. The summed E-state index contributed by atoms with van der Waals surface area (Å²) >= 11 is 0. The van der Waals surface area contributed by atoms with Crippen LogP contribution in [0.25, 0.3) is 0 Å². The zero-order chi connectivity index (χ0) is 13.1. The van der Waals surface area contributed by atoms with E-state index in [4.69, 9.17) is 5.73 Å². The topological polar surface area (TPSA) is 64.2 Å². The van der Waals surface area contributed by atoms with Crippen LogP contribution in [0.1, 0.15) is 44.8 Å². The summed E-state index contributed by atoms with van der Waals surface area (Å²) < 4.78 is 1.94. The third-order valence-corrected chi connectivity index (χ3v) is 3.68. The third-order valence-electron chi connectivity index (χ3n) is 3.68. The monoisotopic (exact) mass is 250 g/mol. The van der Waals surface area contributed by atoms with Gasteiger partial charge in [-0.1, -0.05) is 0 Å². The molecule has 0 aliphatic carbocycles. The average Bonchev–Trinajstić information content (AvgIpc) is 2.77. The first kappa shape index (κ1) is 13.1. The Hall–Kier alpha value is -1.36. The van der Waals surface area contributed by atoms with E-state index >= 15 is 0 Å². The molecule has 5 heteroatoms. The van der Waals surface area contributed by atoms with Crippen LogP contribution in [0.5, 0.6) is 0 Å². The number of hydrogen-bond donors (Lipinski definition) is 1. The largest absolute Gasteiger partial charge is 0.333 e. The van der Waals surface area contributed by atoms with Gasteiger partial charge in [0.05, 0.1) is 11.7 Å². The van der Waals surface area contributed by atoms with Crippen molar-refractivity contribution in [3.05, 3.63) is 18.0 Å². The smallest absolute Gasteiger partial charge is 0.223 e. The van der Waals surface area contributed by atoms with Gasteiger partial charge in [0, 0.05) is 31.7 Å². The van der Waals surface area contributed by atoms with Gasteiger partial charge in [-0.25, -0.2) is 0 Å². The van der Waals surface area contributed by atoms with Crippen molar-refractivity contribution in [1.82, 2.24) is 14.7 Å². The van der Waals surface area contributed by atoms with Crippen LogP contribution >= 0.6 is 0 Å². The summed E-state index contributed by atoms with van der Waals surface area (Å²) in [6.07, 6.45) is 4.17. The number of carbonyl (C=O) groups excluding carboxylic acids is 1. The molecule has 1 aliphatic rings. The second-order valence-electron chi connectivity index (χ2n) is 4.75. The summed E-state index contributed by atoms with van der Waals surface area (Å²) in [5.41, 5.74) is 7.34. The maximum absolute atomic E-state index is 12.1. The van der Waals surface area contributed by atoms with E-state index < -0.39 is 0 Å². The number of aromatic nitrogens is 2. The second-order valence-corrected chi connectivity index (χ2v) is 4.75. The fourth-order valence-corrected chi connectivity index (χ4v) is 2.79. The molecule has 0 spiro atoms. The first-order valence-electron chi connectivity index (χ1n) is 6.75. The number of amides is 1. The van der Waals surface area contributed by atoms with Crippen molar-refractivity contribution < 1.29 is 4.79 Å². The minimum Gasteiger partial charge on any atom is -0.333 e. The molecule has 1 aliphatic heterocycles. The summed E-state index contributed by atoms with van der Waals surface area (Å²) in [6, 6.07) is 1.95. The molecule has 0 bridgehead atoms. The number of nitrogens with two attached hydrogens (primary N) is 1. The molecule has 1 saturated heterocycles. The van der Waals surface area contributed by atoms with Gasteiger partial charge in [-0.05, 0) is 32.8 Å². The van der Waals surface area contributed by atoms with Crippen LogP contribution in [0.2, 0.25) is 0 Å². The molecule has 100 valence electrons. The van der Waals surface area contributed by atoms with E-state index in [1.807, 2.05) is 22.6 Å². The van der Waals surface area contributed by atoms with Crippen LogP contribution < -0.4 is 5.73 Å². The first-order chi connectivity index (χ1) is 8.69. The van der Waals surface area contributed by atoms with Gasteiger partial charge in [-0.15, -0.1) is 0 Å². The number of likely N-dealkylation sites (tertiary alicyclic amines) is 1. The molecule has 2 N–H and O–H groups in total. The van der Waals surface area contributed by atoms with Crippen LogP contribution in [-0.4, -0.2) is 33.2 Å². The van der Waals surface area contributed by atoms with Crippen LogP contribution in [0.15, 0.2) is 12.3 Å². The van der Waals surface area contributed by atoms with E-state index in [1.165, 1.54) is 0 Å². The highest BCUT2D eigenvalue weighted by Crippen LogP contribution is 2.29. The number of nitrogens with zero attached hydrogens (tertiary/aromatic N) is 3. The molecule has 0 aromatic carbocycles. The molecular weight excluding hydrogens is 228 g/mol. The molecule has 2 heterocycles. The molecule has 18 heavy (non-hydrogen) atoms. The maximum atomic E-state index is 12.1. The lowest BCUT2D eigenvalue weighted by atomic mass is 10.0. The zero-order valence-corrected chi connectivity index (χ0v) is 11.2. The quantitative estimate of drug-likeness (QED) is 0.879. The molecule has 5 nitrogen and oxygen atoms in total. The van der Waals surface area contributed by atoms with Crippen molar-refractivity contribution in [2.24, 2.45) is 5.73 Å². The summed E-state index contributed by atoms with van der Waals surface area (Å²) in [5, 5.41) is 4.29. The molecule has 1 aromatic heterocycles. The number of rotatable bonds is 3. The number of hydrogen-bond acceptors (Lipinski definition) is 3. The molecular formula is C13H22N4O. The predicted molar refractivity (Wildman–Crippen MR) is 69.9 cm³/mol. The van der Waals surface area contributed by atoms with Crippen LogP contribution in [-0.2, 0) is 11.3 Å². The van der Waals surface area contributed by atoms with Crippen LogP contribution in [0, 0.1) is 0 Å². The first-order valence-corrected chi connectivity index (χ1v) is 6.75. The second kappa shape index (κ2) is 5.52. The molecule has 1 fully saturated rings. The Labute approximate surface area is 108 Å². The Bertz CT molecular complexity index is 415. The van der Waals surface area contributed by atoms with E-state index in [2.05, 4.69) is 12.0 Å². The van der Waals surface area contributed by atoms with E-state index in [0.717, 1.165) is 25.1 Å². The van der Waals surface area contributed by atoms with Gasteiger partial charge in [-0.3, -0.25) is 9.48 Å². The van der Waals surface area contributed by atoms with Gasteiger partial charge in [0.1, 0.15) is 0 Å². The Morgan fingerprint density at radius 2 is 2.22 bits per heavy atom. The van der Waals surface area contributed by atoms with Gasteiger partial charge >= 0.3 is 0 Å². The van der Waals surface area contributed by atoms with Gasteiger partial charge in [-0.2, -0.15) is 5.10 Å². The highest BCUT2D eigenvalue weighted by atomic mass is 16.2. The Morgan fingerprint density at radius 3 is 2.89 bits per heavy atom. The van der Waals surface area contributed by atoms with Crippen molar-refractivity contribution in [2.45, 2.75) is 51.7 Å². The lowest BCUT2D eigenvalue weighted by Crippen LogP contribution is -2.43. The SMILES string of the molecule is CCN1C(=O)CCCC(N)C1c1ccnn1CC. The van der Waals surface area contributed by atoms with Crippen molar-refractivity contribution >= 4 is 5.91 Å². The zero-order valence-electron chi connectivity index (χ0n) is 11.2. The number of aryl methyl sites for hydroxylation is 1. The van der Waals surface area contributed by atoms with Crippen molar-refractivity contribution in [2.75, 3.05) is 6.54 Å². The predicted octanol–water partition coefficient (Wildman–Crippen LogP) is 1.30. The van der Waals surface area contributed by atoms with E-state index in [0.29, 0.717) is 13.0 Å². The average molecular weight is 250 g/mol. The van der Waals surface area contributed by atoms with Gasteiger partial charge in [0.15, 0.2) is 0 Å². The fraction of sp³-hybridized carbons (Fsp3) is 0.692. The lowest BCUT2D eigenvalue weighted by Gasteiger charge is -2.33. The van der Waals surface area contributed by atoms with Gasteiger partial charge < -0.3 is 10.6 Å². The van der Waals surface area contributed by atoms with Crippen molar-refractivity contribution in [1.29, 1.82) is 0 Å². The van der Waals surface area contributed by atoms with E-state index in [-0.39, 0.29) is 18.0 Å². The van der Waals surface area contributed by atoms with Gasteiger partial charge in [0.25, 0.3) is 0 Å². The summed E-state index contributed by atoms with van der Waals surface area (Å²) in [6.45, 7) is 5.57.